The number of halogens is 4. The predicted octanol–water partition coefficient (Wildman–Crippen LogP) is 2.85. The molecular formula is C11H15F4NO2. The van der Waals surface area contributed by atoms with Gasteiger partial charge in [0, 0.05) is 5.56 Å². The molecule has 1 rings (SSSR count). The van der Waals surface area contributed by atoms with Gasteiger partial charge in [-0.2, -0.15) is 8.78 Å². The first-order chi connectivity index (χ1) is 8.47. The summed E-state index contributed by atoms with van der Waals surface area (Å²) in [5, 5.41) is 2.98. The fourth-order valence-electron chi connectivity index (χ4n) is 1.37. The van der Waals surface area contributed by atoms with Crippen LogP contribution in [0.2, 0.25) is 0 Å². The van der Waals surface area contributed by atoms with Gasteiger partial charge in [-0.15, -0.1) is 0 Å². The van der Waals surface area contributed by atoms with Crippen molar-refractivity contribution in [1.82, 2.24) is 5.32 Å². The fraction of sp³-hybridized carbons (Fsp3) is 0.636. The molecule has 1 aromatic heterocycles. The van der Waals surface area contributed by atoms with Crippen molar-refractivity contribution in [2.75, 3.05) is 19.8 Å². The third kappa shape index (κ3) is 4.30. The summed E-state index contributed by atoms with van der Waals surface area (Å²) in [4.78, 5) is 0. The van der Waals surface area contributed by atoms with E-state index < -0.39 is 19.0 Å². The summed E-state index contributed by atoms with van der Waals surface area (Å²) in [6.45, 7) is 0.991. The summed E-state index contributed by atoms with van der Waals surface area (Å²) in [5.41, 5.74) is 0.720. The molecule has 1 aromatic rings. The maximum Gasteiger partial charge on any atom is 0.330 e. The molecule has 0 aliphatic carbocycles. The Bertz CT molecular complexity index is 330. The van der Waals surface area contributed by atoms with E-state index in [4.69, 9.17) is 4.42 Å². The smallest absolute Gasteiger partial charge is 0.330 e. The molecule has 0 radical (unpaired) electrons. The minimum atomic E-state index is -4.12. The number of hydrogen-bond acceptors (Lipinski definition) is 3. The maximum atomic E-state index is 12.6. The van der Waals surface area contributed by atoms with Gasteiger partial charge < -0.3 is 14.5 Å². The van der Waals surface area contributed by atoms with Gasteiger partial charge in [-0.05, 0) is 12.6 Å². The van der Waals surface area contributed by atoms with Gasteiger partial charge in [0.2, 0.25) is 0 Å². The van der Waals surface area contributed by atoms with E-state index in [0.717, 1.165) is 5.56 Å². The van der Waals surface area contributed by atoms with Gasteiger partial charge in [-0.1, -0.05) is 6.92 Å². The number of rotatable bonds is 8. The SMILES string of the molecule is CCNC(COCC(F)(F)C(F)F)c1ccoc1. The van der Waals surface area contributed by atoms with Gasteiger partial charge >= 0.3 is 12.3 Å². The second-order valence-corrected chi connectivity index (χ2v) is 3.74. The molecule has 18 heavy (non-hydrogen) atoms. The summed E-state index contributed by atoms with van der Waals surface area (Å²) in [7, 11) is 0. The highest BCUT2D eigenvalue weighted by molar-refractivity contribution is 5.11. The van der Waals surface area contributed by atoms with Gasteiger partial charge in [-0.25, -0.2) is 8.78 Å². The van der Waals surface area contributed by atoms with E-state index in [0.29, 0.717) is 6.54 Å². The number of nitrogens with one attached hydrogen (secondary N) is 1. The second kappa shape index (κ2) is 6.75. The van der Waals surface area contributed by atoms with E-state index in [-0.39, 0.29) is 12.6 Å². The van der Waals surface area contributed by atoms with E-state index >= 15 is 0 Å². The Kier molecular flexibility index (Phi) is 5.61. The molecule has 0 bridgehead atoms. The molecule has 3 nitrogen and oxygen atoms in total. The van der Waals surface area contributed by atoms with Gasteiger partial charge in [0.15, 0.2) is 0 Å². The van der Waals surface area contributed by atoms with Crippen molar-refractivity contribution in [3.63, 3.8) is 0 Å². The number of alkyl halides is 4. The summed E-state index contributed by atoms with van der Waals surface area (Å²) < 4.78 is 58.5. The predicted molar refractivity (Wildman–Crippen MR) is 56.9 cm³/mol. The zero-order chi connectivity index (χ0) is 13.6. The van der Waals surface area contributed by atoms with Crippen LogP contribution in [0.5, 0.6) is 0 Å². The van der Waals surface area contributed by atoms with Crippen LogP contribution in [0.25, 0.3) is 0 Å². The van der Waals surface area contributed by atoms with E-state index in [1.54, 1.807) is 6.07 Å². The molecular weight excluding hydrogens is 254 g/mol. The van der Waals surface area contributed by atoms with Crippen LogP contribution < -0.4 is 5.32 Å². The Morgan fingerprint density at radius 1 is 1.44 bits per heavy atom. The number of ether oxygens (including phenoxy) is 1. The van der Waals surface area contributed by atoms with Crippen LogP contribution in [0.3, 0.4) is 0 Å². The normalized spacial score (nSPS) is 14.1. The molecule has 0 amide bonds. The molecule has 1 atom stereocenters. The first kappa shape index (κ1) is 15.0. The van der Waals surface area contributed by atoms with Crippen molar-refractivity contribution in [3.8, 4) is 0 Å². The molecule has 0 saturated carbocycles. The molecule has 1 unspecified atom stereocenters. The van der Waals surface area contributed by atoms with Gasteiger partial charge in [0.05, 0.1) is 25.2 Å². The Hall–Kier alpha value is -1.08. The molecule has 0 fully saturated rings. The van der Waals surface area contributed by atoms with Crippen molar-refractivity contribution < 1.29 is 26.7 Å². The maximum absolute atomic E-state index is 12.6. The number of hydrogen-bond donors (Lipinski definition) is 1. The molecule has 104 valence electrons. The molecule has 1 heterocycles. The lowest BCUT2D eigenvalue weighted by molar-refractivity contribution is -0.167. The van der Waals surface area contributed by atoms with Crippen LogP contribution in [-0.4, -0.2) is 32.1 Å². The average molecular weight is 269 g/mol. The summed E-state index contributed by atoms with van der Waals surface area (Å²) in [6.07, 6.45) is -0.834. The van der Waals surface area contributed by atoms with Crippen LogP contribution in [-0.2, 0) is 4.74 Å². The van der Waals surface area contributed by atoms with Crippen LogP contribution >= 0.6 is 0 Å². The largest absolute Gasteiger partial charge is 0.472 e. The Balaban J connectivity index is 2.44. The van der Waals surface area contributed by atoms with E-state index in [1.807, 2.05) is 6.92 Å². The summed E-state index contributed by atoms with van der Waals surface area (Å²) in [6, 6.07) is 1.30. The first-order valence-corrected chi connectivity index (χ1v) is 5.46. The highest BCUT2D eigenvalue weighted by Crippen LogP contribution is 2.23. The van der Waals surface area contributed by atoms with E-state index in [2.05, 4.69) is 10.1 Å². The summed E-state index contributed by atoms with van der Waals surface area (Å²) >= 11 is 0. The Labute approximate surface area is 102 Å². The molecule has 1 N–H and O–H groups in total. The fourth-order valence-corrected chi connectivity index (χ4v) is 1.37. The Morgan fingerprint density at radius 3 is 2.67 bits per heavy atom. The van der Waals surface area contributed by atoms with Crippen molar-refractivity contribution in [2.24, 2.45) is 0 Å². The molecule has 0 saturated heterocycles. The zero-order valence-corrected chi connectivity index (χ0v) is 9.84. The van der Waals surface area contributed by atoms with Gasteiger partial charge in [0.1, 0.15) is 6.61 Å². The highest BCUT2D eigenvalue weighted by atomic mass is 19.3. The standard InChI is InChI=1S/C11H15F4NO2/c1-2-16-9(8-3-4-17-5-8)6-18-7-11(14,15)10(12)13/h3-5,9-10,16H,2,6-7H2,1H3. The zero-order valence-electron chi connectivity index (χ0n) is 9.84. The lowest BCUT2D eigenvalue weighted by atomic mass is 10.1. The highest BCUT2D eigenvalue weighted by Gasteiger charge is 2.41. The van der Waals surface area contributed by atoms with Crippen LogP contribution in [0, 0.1) is 0 Å². The average Bonchev–Trinajstić information content (AvgIpc) is 2.80. The van der Waals surface area contributed by atoms with Gasteiger partial charge in [0.25, 0.3) is 0 Å². The van der Waals surface area contributed by atoms with E-state index in [1.165, 1.54) is 12.5 Å². The lowest BCUT2D eigenvalue weighted by Gasteiger charge is -2.19. The molecule has 7 heteroatoms. The molecule has 0 aromatic carbocycles. The van der Waals surface area contributed by atoms with Crippen LogP contribution in [0.4, 0.5) is 17.6 Å². The Morgan fingerprint density at radius 2 is 2.17 bits per heavy atom. The molecule has 0 aliphatic rings. The van der Waals surface area contributed by atoms with Crippen LogP contribution in [0.15, 0.2) is 23.0 Å². The third-order valence-electron chi connectivity index (χ3n) is 2.29. The minimum Gasteiger partial charge on any atom is -0.472 e. The van der Waals surface area contributed by atoms with E-state index in [9.17, 15) is 17.6 Å². The number of likely N-dealkylation sites (N-methyl/N-ethyl adjacent to an activating group) is 1. The van der Waals surface area contributed by atoms with Crippen molar-refractivity contribution >= 4 is 0 Å². The first-order valence-electron chi connectivity index (χ1n) is 5.46. The monoisotopic (exact) mass is 269 g/mol. The topological polar surface area (TPSA) is 34.4 Å². The van der Waals surface area contributed by atoms with Crippen molar-refractivity contribution in [2.45, 2.75) is 25.3 Å². The van der Waals surface area contributed by atoms with Gasteiger partial charge in [-0.3, -0.25) is 0 Å². The van der Waals surface area contributed by atoms with Crippen LogP contribution in [0.1, 0.15) is 18.5 Å². The number of furan rings is 1. The molecule has 0 spiro atoms. The summed E-state index contributed by atoms with van der Waals surface area (Å²) in [5.74, 6) is -4.12. The quantitative estimate of drug-likeness (QED) is 0.737. The van der Waals surface area contributed by atoms with Crippen molar-refractivity contribution in [1.29, 1.82) is 0 Å². The van der Waals surface area contributed by atoms with Crippen molar-refractivity contribution in [3.05, 3.63) is 24.2 Å². The lowest BCUT2D eigenvalue weighted by Crippen LogP contribution is -2.34. The third-order valence-corrected chi connectivity index (χ3v) is 2.29. The molecule has 0 aliphatic heterocycles. The second-order valence-electron chi connectivity index (χ2n) is 3.74. The minimum absolute atomic E-state index is 0.129.